The first-order valence-electron chi connectivity index (χ1n) is 8.93. The quantitative estimate of drug-likeness (QED) is 0.841. The Morgan fingerprint density at radius 2 is 1.96 bits per heavy atom. The van der Waals surface area contributed by atoms with Gasteiger partial charge in [0.05, 0.1) is 12.1 Å². The molecule has 2 unspecified atom stereocenters. The van der Waals surface area contributed by atoms with Gasteiger partial charge in [0.2, 0.25) is 0 Å². The SMILES string of the molecule is CC(O)CN(C)C(=O)NCC(c1ccccc1)N1CCC(C)CC1. The van der Waals surface area contributed by atoms with Crippen LogP contribution in [0.4, 0.5) is 4.79 Å². The number of urea groups is 1. The third-order valence-electron chi connectivity index (χ3n) is 4.77. The number of carbonyl (C=O) groups excluding carboxylic acids is 1. The van der Waals surface area contributed by atoms with Crippen LogP contribution in [0.5, 0.6) is 0 Å². The first-order valence-corrected chi connectivity index (χ1v) is 8.93. The van der Waals surface area contributed by atoms with Crippen molar-refractivity contribution in [3.63, 3.8) is 0 Å². The average Bonchev–Trinajstić information content (AvgIpc) is 2.56. The molecule has 5 heteroatoms. The van der Waals surface area contributed by atoms with Crippen molar-refractivity contribution >= 4 is 6.03 Å². The van der Waals surface area contributed by atoms with Gasteiger partial charge in [0, 0.05) is 20.1 Å². The van der Waals surface area contributed by atoms with Crippen LogP contribution in [0.1, 0.15) is 38.3 Å². The van der Waals surface area contributed by atoms with Crippen LogP contribution >= 0.6 is 0 Å². The first-order chi connectivity index (χ1) is 11.5. The topological polar surface area (TPSA) is 55.8 Å². The molecule has 1 heterocycles. The van der Waals surface area contributed by atoms with Crippen molar-refractivity contribution in [2.75, 3.05) is 33.2 Å². The summed E-state index contributed by atoms with van der Waals surface area (Å²) in [5, 5.41) is 12.5. The number of nitrogens with one attached hydrogen (secondary N) is 1. The Balaban J connectivity index is 2.00. The smallest absolute Gasteiger partial charge is 0.317 e. The van der Waals surface area contributed by atoms with Crippen LogP contribution in [0.3, 0.4) is 0 Å². The highest BCUT2D eigenvalue weighted by molar-refractivity contribution is 5.73. The van der Waals surface area contributed by atoms with E-state index in [1.54, 1.807) is 14.0 Å². The van der Waals surface area contributed by atoms with E-state index in [9.17, 15) is 9.90 Å². The molecule has 134 valence electrons. The molecule has 2 rings (SSSR count). The Labute approximate surface area is 145 Å². The minimum Gasteiger partial charge on any atom is -0.392 e. The summed E-state index contributed by atoms with van der Waals surface area (Å²) in [5.74, 6) is 0.782. The van der Waals surface area contributed by atoms with Crippen LogP contribution in [0.25, 0.3) is 0 Å². The van der Waals surface area contributed by atoms with Crippen molar-refractivity contribution in [2.24, 2.45) is 5.92 Å². The number of hydrogen-bond donors (Lipinski definition) is 2. The van der Waals surface area contributed by atoms with Gasteiger partial charge in [0.15, 0.2) is 0 Å². The maximum atomic E-state index is 12.2. The lowest BCUT2D eigenvalue weighted by Gasteiger charge is -2.37. The molecule has 1 aliphatic rings. The third-order valence-corrected chi connectivity index (χ3v) is 4.77. The molecule has 24 heavy (non-hydrogen) atoms. The molecule has 1 aromatic carbocycles. The van der Waals surface area contributed by atoms with Gasteiger partial charge in [-0.25, -0.2) is 4.79 Å². The molecule has 1 saturated heterocycles. The van der Waals surface area contributed by atoms with Gasteiger partial charge >= 0.3 is 6.03 Å². The minimum atomic E-state index is -0.519. The zero-order chi connectivity index (χ0) is 17.5. The number of rotatable bonds is 6. The summed E-state index contributed by atoms with van der Waals surface area (Å²) in [6.07, 6.45) is 1.90. The van der Waals surface area contributed by atoms with Crippen molar-refractivity contribution < 1.29 is 9.90 Å². The Morgan fingerprint density at radius 1 is 1.33 bits per heavy atom. The van der Waals surface area contributed by atoms with E-state index >= 15 is 0 Å². The number of aliphatic hydroxyl groups is 1. The molecule has 1 aliphatic heterocycles. The second kappa shape index (κ2) is 9.04. The van der Waals surface area contributed by atoms with E-state index in [-0.39, 0.29) is 12.1 Å². The van der Waals surface area contributed by atoms with E-state index in [4.69, 9.17) is 0 Å². The van der Waals surface area contributed by atoms with Gasteiger partial charge in [-0.1, -0.05) is 37.3 Å². The first kappa shape index (κ1) is 18.7. The Kier molecular flexibility index (Phi) is 7.06. The lowest BCUT2D eigenvalue weighted by Crippen LogP contribution is -2.46. The molecule has 0 saturated carbocycles. The molecule has 0 spiro atoms. The molecule has 2 atom stereocenters. The Bertz CT molecular complexity index is 499. The standard InChI is InChI=1S/C19H31N3O2/c1-15-9-11-22(12-10-15)18(17-7-5-4-6-8-17)13-20-19(24)21(3)14-16(2)23/h4-8,15-16,18,23H,9-14H2,1-3H3,(H,20,24). The lowest BCUT2D eigenvalue weighted by molar-refractivity contribution is 0.127. The zero-order valence-corrected chi connectivity index (χ0v) is 15.1. The summed E-state index contributed by atoms with van der Waals surface area (Å²) in [4.78, 5) is 16.2. The van der Waals surface area contributed by atoms with Crippen molar-refractivity contribution in [3.05, 3.63) is 35.9 Å². The van der Waals surface area contributed by atoms with Gasteiger partial charge in [0.25, 0.3) is 0 Å². The third kappa shape index (κ3) is 5.49. The Hall–Kier alpha value is -1.59. The van der Waals surface area contributed by atoms with Gasteiger partial charge in [0.1, 0.15) is 0 Å². The van der Waals surface area contributed by atoms with Gasteiger partial charge in [-0.2, -0.15) is 0 Å². The number of aliphatic hydroxyl groups excluding tert-OH is 1. The number of hydrogen-bond acceptors (Lipinski definition) is 3. The number of carbonyl (C=O) groups is 1. The number of benzene rings is 1. The number of likely N-dealkylation sites (tertiary alicyclic amines) is 1. The number of piperidine rings is 1. The molecular formula is C19H31N3O2. The fourth-order valence-corrected chi connectivity index (χ4v) is 3.27. The van der Waals surface area contributed by atoms with Crippen molar-refractivity contribution in [2.45, 2.75) is 38.8 Å². The molecule has 1 aromatic rings. The molecule has 5 nitrogen and oxygen atoms in total. The van der Waals surface area contributed by atoms with Crippen molar-refractivity contribution in [1.29, 1.82) is 0 Å². The molecule has 0 radical (unpaired) electrons. The van der Waals surface area contributed by atoms with Gasteiger partial charge in [-0.05, 0) is 44.3 Å². The van der Waals surface area contributed by atoms with E-state index in [0.717, 1.165) is 19.0 Å². The minimum absolute atomic E-state index is 0.137. The second-order valence-electron chi connectivity index (χ2n) is 7.06. The number of amides is 2. The lowest BCUT2D eigenvalue weighted by atomic mass is 9.95. The zero-order valence-electron chi connectivity index (χ0n) is 15.1. The number of likely N-dealkylation sites (N-methyl/N-ethyl adjacent to an activating group) is 1. The summed E-state index contributed by atoms with van der Waals surface area (Å²) in [6.45, 7) is 7.05. The fraction of sp³-hybridized carbons (Fsp3) is 0.632. The van der Waals surface area contributed by atoms with E-state index in [0.29, 0.717) is 13.1 Å². The van der Waals surface area contributed by atoms with Crippen LogP contribution in [-0.4, -0.2) is 60.3 Å². The summed E-state index contributed by atoms with van der Waals surface area (Å²) in [6, 6.07) is 10.5. The van der Waals surface area contributed by atoms with E-state index in [2.05, 4.69) is 41.4 Å². The normalized spacial score (nSPS) is 18.8. The van der Waals surface area contributed by atoms with E-state index in [1.165, 1.54) is 23.3 Å². The fourth-order valence-electron chi connectivity index (χ4n) is 3.27. The van der Waals surface area contributed by atoms with E-state index in [1.807, 2.05) is 6.07 Å². The highest BCUT2D eigenvalue weighted by Crippen LogP contribution is 2.26. The maximum Gasteiger partial charge on any atom is 0.317 e. The molecule has 2 N–H and O–H groups in total. The Morgan fingerprint density at radius 3 is 2.54 bits per heavy atom. The predicted octanol–water partition coefficient (Wildman–Crippen LogP) is 2.48. The van der Waals surface area contributed by atoms with Crippen LogP contribution in [0.15, 0.2) is 30.3 Å². The highest BCUT2D eigenvalue weighted by Gasteiger charge is 2.25. The predicted molar refractivity (Wildman–Crippen MR) is 96.9 cm³/mol. The van der Waals surface area contributed by atoms with Crippen molar-refractivity contribution in [3.8, 4) is 0 Å². The van der Waals surface area contributed by atoms with Gasteiger partial charge in [-0.3, -0.25) is 4.90 Å². The van der Waals surface area contributed by atoms with Crippen LogP contribution in [-0.2, 0) is 0 Å². The molecule has 0 aromatic heterocycles. The van der Waals surface area contributed by atoms with E-state index < -0.39 is 6.10 Å². The maximum absolute atomic E-state index is 12.2. The van der Waals surface area contributed by atoms with Crippen molar-refractivity contribution in [1.82, 2.24) is 15.1 Å². The average molecular weight is 333 g/mol. The summed E-state index contributed by atoms with van der Waals surface area (Å²) >= 11 is 0. The molecular weight excluding hydrogens is 302 g/mol. The van der Waals surface area contributed by atoms with Gasteiger partial charge in [-0.15, -0.1) is 0 Å². The largest absolute Gasteiger partial charge is 0.392 e. The second-order valence-corrected chi connectivity index (χ2v) is 7.06. The highest BCUT2D eigenvalue weighted by atomic mass is 16.3. The summed E-state index contributed by atoms with van der Waals surface area (Å²) in [7, 11) is 1.71. The summed E-state index contributed by atoms with van der Waals surface area (Å²) < 4.78 is 0. The van der Waals surface area contributed by atoms with Crippen LogP contribution in [0.2, 0.25) is 0 Å². The molecule has 2 amide bonds. The van der Waals surface area contributed by atoms with Gasteiger partial charge < -0.3 is 15.3 Å². The molecule has 0 bridgehead atoms. The summed E-state index contributed by atoms with van der Waals surface area (Å²) in [5.41, 5.74) is 1.24. The van der Waals surface area contributed by atoms with Crippen LogP contribution < -0.4 is 5.32 Å². The molecule has 1 fully saturated rings. The van der Waals surface area contributed by atoms with Crippen LogP contribution in [0, 0.1) is 5.92 Å². The monoisotopic (exact) mass is 333 g/mol. The molecule has 0 aliphatic carbocycles. The number of nitrogens with zero attached hydrogens (tertiary/aromatic N) is 2.